The molecule has 1 fully saturated rings. The van der Waals surface area contributed by atoms with Crippen molar-refractivity contribution >= 4 is 0 Å². The Hall–Kier alpha value is -0.0800. The van der Waals surface area contributed by atoms with Crippen LogP contribution in [-0.4, -0.2) is 23.3 Å². The van der Waals surface area contributed by atoms with E-state index in [2.05, 4.69) is 19.2 Å². The number of hydrogen-bond donors (Lipinski definition) is 2. The van der Waals surface area contributed by atoms with E-state index in [0.29, 0.717) is 0 Å². The van der Waals surface area contributed by atoms with Crippen molar-refractivity contribution in [3.8, 4) is 0 Å². The summed E-state index contributed by atoms with van der Waals surface area (Å²) in [6.45, 7) is 5.07. The smallest absolute Gasteiger partial charge is 0.0682 e. The third kappa shape index (κ3) is 1.43. The van der Waals surface area contributed by atoms with Gasteiger partial charge in [-0.3, -0.25) is 0 Å². The molecular formula is C7H15NO. The van der Waals surface area contributed by atoms with Gasteiger partial charge in [0.1, 0.15) is 0 Å². The van der Waals surface area contributed by atoms with Gasteiger partial charge < -0.3 is 10.4 Å². The number of aliphatic hydroxyl groups is 1. The van der Waals surface area contributed by atoms with Crippen LogP contribution < -0.4 is 5.32 Å². The molecule has 0 spiro atoms. The first kappa shape index (κ1) is 7.03. The lowest BCUT2D eigenvalue weighted by Gasteiger charge is -2.21. The molecule has 54 valence electrons. The van der Waals surface area contributed by atoms with Gasteiger partial charge in [0.15, 0.2) is 0 Å². The summed E-state index contributed by atoms with van der Waals surface area (Å²) in [4.78, 5) is 0. The Labute approximate surface area is 56.3 Å². The fourth-order valence-electron chi connectivity index (χ4n) is 1.30. The van der Waals surface area contributed by atoms with Gasteiger partial charge in [-0.15, -0.1) is 0 Å². The largest absolute Gasteiger partial charge is 0.392 e. The van der Waals surface area contributed by atoms with E-state index in [1.807, 2.05) is 0 Å². The van der Waals surface area contributed by atoms with Crippen LogP contribution in [0.5, 0.6) is 0 Å². The van der Waals surface area contributed by atoms with E-state index in [9.17, 15) is 0 Å². The van der Waals surface area contributed by atoms with Crippen LogP contribution in [0.15, 0.2) is 0 Å². The topological polar surface area (TPSA) is 32.3 Å². The lowest BCUT2D eigenvalue weighted by molar-refractivity contribution is 0.185. The summed E-state index contributed by atoms with van der Waals surface area (Å²) < 4.78 is 0. The van der Waals surface area contributed by atoms with Gasteiger partial charge >= 0.3 is 0 Å². The van der Waals surface area contributed by atoms with Gasteiger partial charge in [0.2, 0.25) is 0 Å². The van der Waals surface area contributed by atoms with Crippen LogP contribution in [0.4, 0.5) is 0 Å². The van der Waals surface area contributed by atoms with E-state index >= 15 is 0 Å². The second-order valence-electron chi connectivity index (χ2n) is 3.15. The third-order valence-corrected chi connectivity index (χ3v) is 2.23. The molecule has 0 aromatic rings. The van der Waals surface area contributed by atoms with Gasteiger partial charge in [0.25, 0.3) is 0 Å². The quantitative estimate of drug-likeness (QED) is 0.540. The van der Waals surface area contributed by atoms with Gasteiger partial charge in [0, 0.05) is 12.1 Å². The molecular weight excluding hydrogens is 114 g/mol. The molecule has 0 aromatic heterocycles. The molecule has 1 aliphatic rings. The highest BCUT2D eigenvalue weighted by Gasteiger charge is 2.31. The molecule has 1 heterocycles. The minimum Gasteiger partial charge on any atom is -0.392 e. The molecule has 0 bridgehead atoms. The van der Waals surface area contributed by atoms with E-state index in [1.165, 1.54) is 0 Å². The minimum atomic E-state index is -0.116. The minimum absolute atomic E-state index is 0.116. The first-order valence-corrected chi connectivity index (χ1v) is 3.59. The summed E-state index contributed by atoms with van der Waals surface area (Å²) >= 11 is 0. The van der Waals surface area contributed by atoms with Gasteiger partial charge in [-0.1, -0.05) is 6.92 Å². The van der Waals surface area contributed by atoms with Crippen molar-refractivity contribution < 1.29 is 5.11 Å². The predicted octanol–water partition coefficient (Wildman–Crippen LogP) is 0.509. The Morgan fingerprint density at radius 1 is 1.78 bits per heavy atom. The fraction of sp³-hybridized carbons (Fsp3) is 1.00. The zero-order chi connectivity index (χ0) is 6.91. The molecule has 0 amide bonds. The average Bonchev–Trinajstić information content (AvgIpc) is 2.13. The van der Waals surface area contributed by atoms with Gasteiger partial charge in [-0.05, 0) is 19.8 Å². The summed E-state index contributed by atoms with van der Waals surface area (Å²) in [6.07, 6.45) is 1.89. The van der Waals surface area contributed by atoms with Crippen molar-refractivity contribution in [3.63, 3.8) is 0 Å². The van der Waals surface area contributed by atoms with E-state index in [0.717, 1.165) is 19.4 Å². The van der Waals surface area contributed by atoms with Crippen molar-refractivity contribution in [2.75, 3.05) is 6.54 Å². The highest BCUT2D eigenvalue weighted by atomic mass is 16.3. The van der Waals surface area contributed by atoms with Crippen molar-refractivity contribution in [2.45, 2.75) is 38.3 Å². The number of β-amino-alcohol motifs (C(OH)–C–C–N with tert-alkyl or cyclic N) is 1. The van der Waals surface area contributed by atoms with Crippen molar-refractivity contribution in [1.29, 1.82) is 0 Å². The van der Waals surface area contributed by atoms with Crippen molar-refractivity contribution in [2.24, 2.45) is 0 Å². The summed E-state index contributed by atoms with van der Waals surface area (Å²) in [7, 11) is 0. The van der Waals surface area contributed by atoms with Crippen LogP contribution in [0.3, 0.4) is 0 Å². The first-order valence-electron chi connectivity index (χ1n) is 3.59. The van der Waals surface area contributed by atoms with Gasteiger partial charge in [-0.25, -0.2) is 0 Å². The lowest BCUT2D eigenvalue weighted by atomic mass is 9.97. The normalized spacial score (nSPS) is 43.7. The zero-order valence-corrected chi connectivity index (χ0v) is 6.15. The van der Waals surface area contributed by atoms with Crippen molar-refractivity contribution in [3.05, 3.63) is 0 Å². The van der Waals surface area contributed by atoms with Crippen LogP contribution in [0, 0.1) is 0 Å². The molecule has 1 aliphatic heterocycles. The van der Waals surface area contributed by atoms with Crippen LogP contribution in [-0.2, 0) is 0 Å². The molecule has 1 saturated heterocycles. The maximum atomic E-state index is 9.13. The molecule has 2 unspecified atom stereocenters. The Morgan fingerprint density at radius 3 is 2.67 bits per heavy atom. The highest BCUT2D eigenvalue weighted by molar-refractivity contribution is 4.91. The number of rotatable bonds is 1. The van der Waals surface area contributed by atoms with Crippen LogP contribution in [0.2, 0.25) is 0 Å². The summed E-state index contributed by atoms with van der Waals surface area (Å²) in [5.41, 5.74) is 0.208. The fourth-order valence-corrected chi connectivity index (χ4v) is 1.30. The predicted molar refractivity (Wildman–Crippen MR) is 37.3 cm³/mol. The number of nitrogens with one attached hydrogen (secondary N) is 1. The Morgan fingerprint density at radius 2 is 2.44 bits per heavy atom. The maximum Gasteiger partial charge on any atom is 0.0682 e. The van der Waals surface area contributed by atoms with E-state index < -0.39 is 0 Å². The van der Waals surface area contributed by atoms with Crippen LogP contribution >= 0.6 is 0 Å². The first-order chi connectivity index (χ1) is 4.16. The van der Waals surface area contributed by atoms with Crippen LogP contribution in [0.25, 0.3) is 0 Å². The SMILES string of the molecule is CCC1(C)CC(O)CN1. The third-order valence-electron chi connectivity index (χ3n) is 2.23. The molecule has 2 heteroatoms. The van der Waals surface area contributed by atoms with E-state index in [-0.39, 0.29) is 11.6 Å². The Kier molecular flexibility index (Phi) is 1.78. The summed E-state index contributed by atoms with van der Waals surface area (Å²) in [5.74, 6) is 0. The second kappa shape index (κ2) is 2.27. The summed E-state index contributed by atoms with van der Waals surface area (Å²) in [6, 6.07) is 0. The van der Waals surface area contributed by atoms with Gasteiger partial charge in [0.05, 0.1) is 6.10 Å². The molecule has 0 radical (unpaired) electrons. The molecule has 1 rings (SSSR count). The average molecular weight is 129 g/mol. The number of hydrogen-bond acceptors (Lipinski definition) is 2. The highest BCUT2D eigenvalue weighted by Crippen LogP contribution is 2.21. The zero-order valence-electron chi connectivity index (χ0n) is 6.15. The maximum absolute atomic E-state index is 9.13. The standard InChI is InChI=1S/C7H15NO/c1-3-7(2)4-6(9)5-8-7/h6,8-9H,3-5H2,1-2H3. The Bertz CT molecular complexity index is 105. The van der Waals surface area contributed by atoms with E-state index in [4.69, 9.17) is 5.11 Å². The molecule has 2 atom stereocenters. The lowest BCUT2D eigenvalue weighted by Crippen LogP contribution is -2.34. The molecule has 0 aromatic carbocycles. The molecule has 9 heavy (non-hydrogen) atoms. The molecule has 0 saturated carbocycles. The van der Waals surface area contributed by atoms with Gasteiger partial charge in [-0.2, -0.15) is 0 Å². The molecule has 2 nitrogen and oxygen atoms in total. The Balaban J connectivity index is 2.45. The van der Waals surface area contributed by atoms with E-state index in [1.54, 1.807) is 0 Å². The molecule has 2 N–H and O–H groups in total. The summed E-state index contributed by atoms with van der Waals surface area (Å²) in [5, 5.41) is 12.4. The molecule has 0 aliphatic carbocycles. The van der Waals surface area contributed by atoms with Crippen LogP contribution in [0.1, 0.15) is 26.7 Å². The second-order valence-corrected chi connectivity index (χ2v) is 3.15. The number of aliphatic hydroxyl groups excluding tert-OH is 1. The monoisotopic (exact) mass is 129 g/mol. The van der Waals surface area contributed by atoms with Crippen molar-refractivity contribution in [1.82, 2.24) is 5.32 Å².